The van der Waals surface area contributed by atoms with Crippen molar-refractivity contribution in [1.29, 1.82) is 5.26 Å². The van der Waals surface area contributed by atoms with E-state index in [-0.39, 0.29) is 12.0 Å². The van der Waals surface area contributed by atoms with Crippen molar-refractivity contribution in [2.24, 2.45) is 11.8 Å². The molecule has 1 N–H and O–H groups in total. The topological polar surface area (TPSA) is 50.5 Å². The van der Waals surface area contributed by atoms with Gasteiger partial charge in [-0.05, 0) is 45.7 Å². The Hall–Kier alpha value is -0.630. The molecule has 5 unspecified atom stereocenters. The Labute approximate surface area is 123 Å². The minimum atomic E-state index is -0.221. The minimum Gasteiger partial charge on any atom is -0.392 e. The molecule has 1 heterocycles. The summed E-state index contributed by atoms with van der Waals surface area (Å²) in [6, 6.07) is 3.27. The third kappa shape index (κ3) is 3.52. The van der Waals surface area contributed by atoms with E-state index in [4.69, 9.17) is 0 Å². The first-order chi connectivity index (χ1) is 9.55. The second-order valence-electron chi connectivity index (χ2n) is 6.89. The first-order valence-electron chi connectivity index (χ1n) is 8.03. The van der Waals surface area contributed by atoms with Crippen LogP contribution in [0.5, 0.6) is 0 Å². The summed E-state index contributed by atoms with van der Waals surface area (Å²) in [4.78, 5) is 4.64. The van der Waals surface area contributed by atoms with Crippen LogP contribution in [-0.4, -0.2) is 60.3 Å². The van der Waals surface area contributed by atoms with Crippen molar-refractivity contribution >= 4 is 0 Å². The van der Waals surface area contributed by atoms with Crippen molar-refractivity contribution < 1.29 is 5.11 Å². The van der Waals surface area contributed by atoms with E-state index in [1.165, 1.54) is 12.8 Å². The Morgan fingerprint density at radius 1 is 1.30 bits per heavy atom. The molecule has 0 bridgehead atoms. The predicted octanol–water partition coefficient (Wildman–Crippen LogP) is 1.70. The number of likely N-dealkylation sites (tertiary alicyclic amines) is 1. The van der Waals surface area contributed by atoms with Crippen LogP contribution in [0.3, 0.4) is 0 Å². The number of hydrogen-bond donors (Lipinski definition) is 1. The SMILES string of the molecule is CCC1CCC(C#N)C(N2CC(O)CC2CN(C)C)C1. The summed E-state index contributed by atoms with van der Waals surface area (Å²) in [5.74, 6) is 0.898. The molecule has 1 aliphatic heterocycles. The molecule has 1 saturated heterocycles. The normalized spacial score (nSPS) is 39.1. The quantitative estimate of drug-likeness (QED) is 0.851. The van der Waals surface area contributed by atoms with E-state index >= 15 is 0 Å². The molecule has 5 atom stereocenters. The average Bonchev–Trinajstić information content (AvgIpc) is 2.77. The first-order valence-corrected chi connectivity index (χ1v) is 8.03. The number of β-amino-alcohol motifs (C(OH)–C–C–N with tert-alkyl or cyclic N) is 1. The van der Waals surface area contributed by atoms with E-state index in [1.54, 1.807) is 0 Å². The van der Waals surface area contributed by atoms with Crippen LogP contribution < -0.4 is 0 Å². The number of likely N-dealkylation sites (N-methyl/N-ethyl adjacent to an activating group) is 1. The van der Waals surface area contributed by atoms with Gasteiger partial charge in [0.1, 0.15) is 0 Å². The lowest BCUT2D eigenvalue weighted by atomic mass is 9.77. The molecule has 1 aliphatic carbocycles. The zero-order valence-corrected chi connectivity index (χ0v) is 13.1. The van der Waals surface area contributed by atoms with Crippen LogP contribution in [0.4, 0.5) is 0 Å². The van der Waals surface area contributed by atoms with Gasteiger partial charge in [-0.2, -0.15) is 5.26 Å². The summed E-state index contributed by atoms with van der Waals surface area (Å²) < 4.78 is 0. The molecule has 2 rings (SSSR count). The molecule has 0 spiro atoms. The molecule has 20 heavy (non-hydrogen) atoms. The van der Waals surface area contributed by atoms with Gasteiger partial charge in [-0.15, -0.1) is 0 Å². The van der Waals surface area contributed by atoms with Crippen LogP contribution in [0.25, 0.3) is 0 Å². The predicted molar refractivity (Wildman–Crippen MR) is 80.2 cm³/mol. The summed E-state index contributed by atoms with van der Waals surface area (Å²) in [5.41, 5.74) is 0. The van der Waals surface area contributed by atoms with Gasteiger partial charge in [0.25, 0.3) is 0 Å². The van der Waals surface area contributed by atoms with Crippen molar-refractivity contribution in [1.82, 2.24) is 9.80 Å². The number of hydrogen-bond acceptors (Lipinski definition) is 4. The monoisotopic (exact) mass is 279 g/mol. The third-order valence-corrected chi connectivity index (χ3v) is 5.10. The zero-order chi connectivity index (χ0) is 14.7. The lowest BCUT2D eigenvalue weighted by Crippen LogP contribution is -2.49. The maximum atomic E-state index is 10.1. The number of nitrogens with zero attached hydrogens (tertiary/aromatic N) is 3. The molecule has 0 amide bonds. The molecular weight excluding hydrogens is 250 g/mol. The minimum absolute atomic E-state index is 0.146. The third-order valence-electron chi connectivity index (χ3n) is 5.10. The molecule has 2 aliphatic rings. The number of aliphatic hydroxyl groups excluding tert-OH is 1. The van der Waals surface area contributed by atoms with Crippen LogP contribution in [-0.2, 0) is 0 Å². The van der Waals surface area contributed by atoms with Crippen molar-refractivity contribution in [3.8, 4) is 6.07 Å². The van der Waals surface area contributed by atoms with Gasteiger partial charge in [-0.1, -0.05) is 13.3 Å². The highest BCUT2D eigenvalue weighted by Gasteiger charge is 2.41. The Kier molecular flexibility index (Phi) is 5.42. The van der Waals surface area contributed by atoms with Crippen molar-refractivity contribution in [3.63, 3.8) is 0 Å². The lowest BCUT2D eigenvalue weighted by molar-refractivity contribution is 0.0707. The summed E-state index contributed by atoms with van der Waals surface area (Å²) in [6.45, 7) is 3.98. The summed E-state index contributed by atoms with van der Waals surface area (Å²) in [5, 5.41) is 19.5. The van der Waals surface area contributed by atoms with Crippen molar-refractivity contribution in [2.75, 3.05) is 27.2 Å². The van der Waals surface area contributed by atoms with E-state index in [0.29, 0.717) is 12.1 Å². The molecule has 2 fully saturated rings. The van der Waals surface area contributed by atoms with Gasteiger partial charge in [-0.25, -0.2) is 0 Å². The number of rotatable bonds is 4. The van der Waals surface area contributed by atoms with Gasteiger partial charge in [0.2, 0.25) is 0 Å². The van der Waals surface area contributed by atoms with Crippen LogP contribution >= 0.6 is 0 Å². The zero-order valence-electron chi connectivity index (χ0n) is 13.1. The van der Waals surface area contributed by atoms with E-state index in [0.717, 1.165) is 38.3 Å². The van der Waals surface area contributed by atoms with Gasteiger partial charge in [-0.3, -0.25) is 4.90 Å². The van der Waals surface area contributed by atoms with Crippen molar-refractivity contribution in [3.05, 3.63) is 0 Å². The van der Waals surface area contributed by atoms with E-state index in [9.17, 15) is 10.4 Å². The largest absolute Gasteiger partial charge is 0.392 e. The molecule has 0 radical (unpaired) electrons. The Balaban J connectivity index is 2.10. The maximum absolute atomic E-state index is 10.1. The molecule has 4 heteroatoms. The lowest BCUT2D eigenvalue weighted by Gasteiger charge is -2.41. The van der Waals surface area contributed by atoms with Gasteiger partial charge >= 0.3 is 0 Å². The van der Waals surface area contributed by atoms with Gasteiger partial charge in [0.05, 0.1) is 18.1 Å². The van der Waals surface area contributed by atoms with Crippen LogP contribution in [0.15, 0.2) is 0 Å². The van der Waals surface area contributed by atoms with Gasteiger partial charge in [0.15, 0.2) is 0 Å². The smallest absolute Gasteiger partial charge is 0.0682 e. The Bertz CT molecular complexity index is 352. The molecular formula is C16H29N3O. The van der Waals surface area contributed by atoms with Crippen LogP contribution in [0.1, 0.15) is 39.0 Å². The first kappa shape index (κ1) is 15.8. The molecule has 4 nitrogen and oxygen atoms in total. The Morgan fingerprint density at radius 2 is 2.05 bits per heavy atom. The molecule has 0 aromatic heterocycles. The highest BCUT2D eigenvalue weighted by atomic mass is 16.3. The van der Waals surface area contributed by atoms with Crippen LogP contribution in [0, 0.1) is 23.2 Å². The van der Waals surface area contributed by atoms with Crippen molar-refractivity contribution in [2.45, 2.75) is 57.2 Å². The van der Waals surface area contributed by atoms with E-state index in [1.807, 2.05) is 0 Å². The fraction of sp³-hybridized carbons (Fsp3) is 0.938. The highest BCUT2D eigenvalue weighted by Crippen LogP contribution is 2.37. The summed E-state index contributed by atoms with van der Waals surface area (Å²) in [7, 11) is 4.17. The number of nitriles is 1. The highest BCUT2D eigenvalue weighted by molar-refractivity contribution is 5.01. The summed E-state index contributed by atoms with van der Waals surface area (Å²) in [6.07, 6.45) is 5.19. The second-order valence-corrected chi connectivity index (χ2v) is 6.89. The molecule has 0 aromatic rings. The second kappa shape index (κ2) is 6.89. The van der Waals surface area contributed by atoms with Gasteiger partial charge < -0.3 is 10.0 Å². The molecule has 1 saturated carbocycles. The van der Waals surface area contributed by atoms with E-state index < -0.39 is 0 Å². The fourth-order valence-electron chi connectivity index (χ4n) is 4.04. The van der Waals surface area contributed by atoms with Crippen LogP contribution in [0.2, 0.25) is 0 Å². The fourth-order valence-corrected chi connectivity index (χ4v) is 4.04. The molecule has 0 aromatic carbocycles. The maximum Gasteiger partial charge on any atom is 0.0682 e. The Morgan fingerprint density at radius 3 is 2.65 bits per heavy atom. The molecule has 114 valence electrons. The van der Waals surface area contributed by atoms with Gasteiger partial charge in [0, 0.05) is 25.2 Å². The summed E-state index contributed by atoms with van der Waals surface area (Å²) >= 11 is 0. The number of aliphatic hydroxyl groups is 1. The van der Waals surface area contributed by atoms with E-state index in [2.05, 4.69) is 36.9 Å². The average molecular weight is 279 g/mol. The standard InChI is InChI=1S/C16H29N3O/c1-4-12-5-6-13(9-17)16(7-12)19-11-15(20)8-14(19)10-18(2)3/h12-16,20H,4-8,10-11H2,1-3H3.